The van der Waals surface area contributed by atoms with Crippen LogP contribution in [0.5, 0.6) is 0 Å². The molecule has 2 atom stereocenters. The van der Waals surface area contributed by atoms with E-state index < -0.39 is 169 Å². The Morgan fingerprint density at radius 1 is 0.441 bits per heavy atom. The normalized spacial score (nSPS) is 17.4. The Bertz CT molecular complexity index is 2360. The first-order valence-electron chi connectivity index (χ1n) is 16.1. The number of halogens is 20. The van der Waals surface area contributed by atoms with Gasteiger partial charge in [0.1, 0.15) is 23.3 Å². The third-order valence-electron chi connectivity index (χ3n) is 9.95. The Hall–Kier alpha value is -5.11. The fourth-order valence-electron chi connectivity index (χ4n) is 7.68. The molecule has 1 nitrogen and oxygen atoms in total. The van der Waals surface area contributed by atoms with Crippen LogP contribution in [0.15, 0.2) is 36.4 Å². The Morgan fingerprint density at radius 2 is 0.729 bits per heavy atom. The smallest absolute Gasteiger partial charge is 0.225 e. The molecule has 0 aromatic heterocycles. The summed E-state index contributed by atoms with van der Waals surface area (Å²) in [5.41, 5.74) is -9.40. The first-order valence-corrected chi connectivity index (χ1v) is 18.0. The molecule has 6 rings (SSSR count). The van der Waals surface area contributed by atoms with Gasteiger partial charge in [-0.2, -0.15) is 17.6 Å². The van der Waals surface area contributed by atoms with E-state index in [4.69, 9.17) is 4.65 Å². The van der Waals surface area contributed by atoms with Crippen LogP contribution in [0.25, 0.3) is 6.08 Å². The Kier molecular flexibility index (Phi) is 11.2. The van der Waals surface area contributed by atoms with E-state index in [1.54, 1.807) is 0 Å². The van der Waals surface area contributed by atoms with Gasteiger partial charge in [0.2, 0.25) is 64.5 Å². The SMILES string of the molecule is CC[C@H]1[B-](c2c(F)c(F)c(F)c(F)c2F)(c2c(F)c(F)c(F)c(F)c2F)O[C@H](/C=C/c2ccccc2)[P+]1(c1c(F)c(F)c(F)c(F)c1F)c1c(F)c(F)c(F)c(F)c1F. The average molecular weight is 884 g/mol. The monoisotopic (exact) mass is 884 g/mol. The first-order chi connectivity index (χ1) is 27.6. The van der Waals surface area contributed by atoms with Crippen molar-refractivity contribution in [3.63, 3.8) is 0 Å². The quantitative estimate of drug-likeness (QED) is 0.0521. The van der Waals surface area contributed by atoms with Crippen molar-refractivity contribution in [2.45, 2.75) is 24.7 Å². The minimum Gasteiger partial charge on any atom is -0.544 e. The summed E-state index contributed by atoms with van der Waals surface area (Å²) in [5, 5.41) is -5.38. The molecule has 0 N–H and O–H groups in total. The van der Waals surface area contributed by atoms with Crippen molar-refractivity contribution in [1.29, 1.82) is 0 Å². The Morgan fingerprint density at radius 3 is 1.03 bits per heavy atom. The van der Waals surface area contributed by atoms with Crippen LogP contribution < -0.4 is 21.5 Å². The van der Waals surface area contributed by atoms with E-state index >= 15 is 70.2 Å². The number of hydrogen-bond acceptors (Lipinski definition) is 1. The summed E-state index contributed by atoms with van der Waals surface area (Å²) in [6, 6.07) is 5.91. The number of benzene rings is 5. The van der Waals surface area contributed by atoms with E-state index in [1.807, 2.05) is 0 Å². The second-order valence-corrected chi connectivity index (χ2v) is 16.3. The molecule has 5 aromatic rings. The van der Waals surface area contributed by atoms with Crippen molar-refractivity contribution < 1.29 is 92.5 Å². The summed E-state index contributed by atoms with van der Waals surface area (Å²) in [6.07, 6.45) is -6.93. The molecular weight excluding hydrogens is 870 g/mol. The van der Waals surface area contributed by atoms with Crippen molar-refractivity contribution in [2.24, 2.45) is 0 Å². The van der Waals surface area contributed by atoms with E-state index in [0.717, 1.165) is 12.1 Å². The van der Waals surface area contributed by atoms with Crippen molar-refractivity contribution >= 4 is 41.2 Å². The highest BCUT2D eigenvalue weighted by atomic mass is 31.2. The summed E-state index contributed by atoms with van der Waals surface area (Å²) in [5.74, 6) is -66.7. The molecule has 0 amide bonds. The van der Waals surface area contributed by atoms with Gasteiger partial charge in [-0.3, -0.25) is 0 Å². The van der Waals surface area contributed by atoms with Crippen LogP contribution in [0, 0.1) is 116 Å². The van der Waals surface area contributed by atoms with Gasteiger partial charge in [-0.1, -0.05) is 54.3 Å². The van der Waals surface area contributed by atoms with Gasteiger partial charge >= 0.3 is 0 Å². The first kappa shape index (κ1) is 43.5. The van der Waals surface area contributed by atoms with Gasteiger partial charge in [0.25, 0.3) is 0 Å². The summed E-state index contributed by atoms with van der Waals surface area (Å²) in [4.78, 5) is 0. The van der Waals surface area contributed by atoms with Crippen LogP contribution in [0.3, 0.4) is 0 Å². The van der Waals surface area contributed by atoms with E-state index in [2.05, 4.69) is 0 Å². The summed E-state index contributed by atoms with van der Waals surface area (Å²) < 4.78 is 316. The maximum absolute atomic E-state index is 16.4. The maximum Gasteiger partial charge on any atom is 0.225 e. The van der Waals surface area contributed by atoms with E-state index in [-0.39, 0.29) is 11.6 Å². The molecule has 0 aliphatic carbocycles. The summed E-state index contributed by atoms with van der Waals surface area (Å²) >= 11 is 0. The molecule has 23 heteroatoms. The third kappa shape index (κ3) is 5.86. The summed E-state index contributed by atoms with van der Waals surface area (Å²) in [7, 11) is -6.74. The fraction of sp³-hybridized carbons (Fsp3) is 0.111. The molecule has 0 spiro atoms. The van der Waals surface area contributed by atoms with Crippen LogP contribution in [0.4, 0.5) is 87.8 Å². The number of hydrogen-bond donors (Lipinski definition) is 0. The van der Waals surface area contributed by atoms with E-state index in [1.165, 1.54) is 18.2 Å². The van der Waals surface area contributed by atoms with E-state index in [0.29, 0.717) is 13.0 Å². The summed E-state index contributed by atoms with van der Waals surface area (Å²) in [6.45, 7) is 0.485. The zero-order valence-electron chi connectivity index (χ0n) is 28.4. The lowest BCUT2D eigenvalue weighted by atomic mass is 9.28. The highest BCUT2D eigenvalue weighted by Gasteiger charge is 2.73. The van der Waals surface area contributed by atoms with Crippen LogP contribution >= 0.6 is 7.26 Å². The van der Waals surface area contributed by atoms with Crippen LogP contribution in [0.1, 0.15) is 18.9 Å². The molecule has 1 fully saturated rings. The molecule has 0 saturated carbocycles. The molecule has 1 aliphatic rings. The predicted octanol–water partition coefficient (Wildman–Crippen LogP) is 9.58. The standard InChI is InChI=1S/C36H14BF20OP/c1-2-11-37(13-15(38)19(42)23(46)20(43)16(13)39,14-17(40)21(44)24(47)22(45)18(14)41)58-12(9-8-10-6-4-3-5-7-10)59(11,35-31(54)27(50)25(48)28(51)32(35)55)36-33(56)29(52)26(49)30(53)34(36)57/h3-9,11-12H,2H2,1H3/b9-8+/t11-,12-/m0/s1. The van der Waals surface area contributed by atoms with E-state index in [9.17, 15) is 17.6 Å². The van der Waals surface area contributed by atoms with Gasteiger partial charge < -0.3 is 4.65 Å². The van der Waals surface area contributed by atoms with Crippen molar-refractivity contribution in [2.75, 3.05) is 0 Å². The third-order valence-corrected chi connectivity index (χ3v) is 15.1. The average Bonchev–Trinajstić information content (AvgIpc) is 3.49. The van der Waals surface area contributed by atoms with Gasteiger partial charge in [0, 0.05) is 0 Å². The molecule has 5 aromatic carbocycles. The van der Waals surface area contributed by atoms with Gasteiger partial charge in [-0.05, 0) is 23.6 Å². The van der Waals surface area contributed by atoms with Crippen LogP contribution in [-0.2, 0) is 4.65 Å². The maximum atomic E-state index is 16.4. The van der Waals surface area contributed by atoms with Gasteiger partial charge in [-0.15, -0.1) is 0 Å². The van der Waals surface area contributed by atoms with Gasteiger partial charge in [0.15, 0.2) is 51.4 Å². The van der Waals surface area contributed by atoms with Crippen LogP contribution in [-0.4, -0.2) is 17.8 Å². The molecule has 1 saturated heterocycles. The zero-order chi connectivity index (χ0) is 44.0. The van der Waals surface area contributed by atoms with Crippen molar-refractivity contribution in [1.82, 2.24) is 0 Å². The van der Waals surface area contributed by atoms with Gasteiger partial charge in [-0.25, -0.2) is 70.2 Å². The molecule has 1 aliphatic heterocycles. The zero-order valence-corrected chi connectivity index (χ0v) is 29.3. The highest BCUT2D eigenvalue weighted by molar-refractivity contribution is 7.93. The molecule has 1 heterocycles. The highest BCUT2D eigenvalue weighted by Crippen LogP contribution is 2.74. The minimum absolute atomic E-state index is 0.184. The molecular formula is C36H14BF20OP. The Balaban J connectivity index is 2.05. The van der Waals surface area contributed by atoms with Gasteiger partial charge in [0.05, 0.1) is 7.26 Å². The lowest BCUT2D eigenvalue weighted by Gasteiger charge is -2.43. The molecule has 59 heavy (non-hydrogen) atoms. The lowest BCUT2D eigenvalue weighted by Crippen LogP contribution is -2.70. The fourth-order valence-corrected chi connectivity index (χ4v) is 13.5. The second-order valence-electron chi connectivity index (χ2n) is 12.7. The molecule has 0 bridgehead atoms. The second kappa shape index (κ2) is 15.2. The largest absolute Gasteiger partial charge is 0.544 e. The molecule has 0 unspecified atom stereocenters. The number of rotatable bonds is 7. The predicted molar refractivity (Wildman–Crippen MR) is 171 cm³/mol. The Labute approximate surface area is 316 Å². The molecule has 0 radical (unpaired) electrons. The topological polar surface area (TPSA) is 9.23 Å². The lowest BCUT2D eigenvalue weighted by molar-refractivity contribution is 0.326. The van der Waals surface area contributed by atoms with Crippen LogP contribution in [0.2, 0.25) is 0 Å². The van der Waals surface area contributed by atoms with Crippen molar-refractivity contribution in [3.05, 3.63) is 158 Å². The minimum atomic E-state index is -6.74. The van der Waals surface area contributed by atoms with Crippen molar-refractivity contribution in [3.8, 4) is 0 Å². The molecule has 312 valence electrons.